The maximum atomic E-state index is 11.6. The molecule has 1 aromatic heterocycles. The molecule has 0 spiro atoms. The van der Waals surface area contributed by atoms with Crippen LogP contribution in [-0.4, -0.2) is 27.3 Å². The van der Waals surface area contributed by atoms with Gasteiger partial charge in [-0.2, -0.15) is 5.10 Å². The number of nitrogens with one attached hydrogen (secondary N) is 2. The number of aryl methyl sites for hydroxylation is 1. The van der Waals surface area contributed by atoms with Gasteiger partial charge in [-0.15, -0.1) is 0 Å². The average molecular weight is 312 g/mol. The first kappa shape index (κ1) is 15.7. The molecular weight excluding hydrogens is 288 g/mol. The minimum absolute atomic E-state index is 0.145. The van der Waals surface area contributed by atoms with Gasteiger partial charge in [0.1, 0.15) is 0 Å². The molecule has 0 aliphatic carbocycles. The van der Waals surface area contributed by atoms with Crippen molar-refractivity contribution in [2.24, 2.45) is 7.05 Å². The van der Waals surface area contributed by atoms with Gasteiger partial charge in [-0.25, -0.2) is 0 Å². The number of aromatic nitrogens is 2. The zero-order valence-corrected chi connectivity index (χ0v) is 14.0. The first-order chi connectivity index (χ1) is 10.9. The van der Waals surface area contributed by atoms with Gasteiger partial charge in [-0.3, -0.25) is 9.48 Å². The zero-order chi connectivity index (χ0) is 16.4. The van der Waals surface area contributed by atoms with Crippen LogP contribution in [0.25, 0.3) is 11.1 Å². The van der Waals surface area contributed by atoms with Gasteiger partial charge in [0, 0.05) is 43.4 Å². The Kier molecular flexibility index (Phi) is 4.22. The summed E-state index contributed by atoms with van der Waals surface area (Å²) < 4.78 is 1.81. The van der Waals surface area contributed by atoms with E-state index in [2.05, 4.69) is 53.8 Å². The molecule has 1 aliphatic heterocycles. The maximum absolute atomic E-state index is 11.6. The van der Waals surface area contributed by atoms with Crippen LogP contribution in [0, 0.1) is 0 Å². The summed E-state index contributed by atoms with van der Waals surface area (Å²) in [6.07, 6.45) is 5.37. The van der Waals surface area contributed by atoms with Crippen LogP contribution in [0.15, 0.2) is 36.7 Å². The number of carbonyl (C=O) groups is 1. The van der Waals surface area contributed by atoms with E-state index in [4.69, 9.17) is 0 Å². The molecule has 0 saturated carbocycles. The summed E-state index contributed by atoms with van der Waals surface area (Å²) in [4.78, 5) is 11.6. The molecule has 122 valence electrons. The number of benzene rings is 1. The monoisotopic (exact) mass is 312 g/mol. The van der Waals surface area contributed by atoms with Crippen molar-refractivity contribution in [2.45, 2.75) is 44.8 Å². The van der Waals surface area contributed by atoms with E-state index in [1.165, 1.54) is 11.1 Å². The number of nitrogens with zero attached hydrogens (tertiary/aromatic N) is 2. The van der Waals surface area contributed by atoms with Crippen LogP contribution in [0.5, 0.6) is 0 Å². The van der Waals surface area contributed by atoms with Crippen molar-refractivity contribution in [1.82, 2.24) is 20.4 Å². The molecule has 1 aliphatic rings. The molecule has 5 nitrogen and oxygen atoms in total. The van der Waals surface area contributed by atoms with Crippen molar-refractivity contribution in [2.75, 3.05) is 0 Å². The van der Waals surface area contributed by atoms with Gasteiger partial charge in [-0.1, -0.05) is 18.2 Å². The van der Waals surface area contributed by atoms with E-state index >= 15 is 0 Å². The van der Waals surface area contributed by atoms with Crippen molar-refractivity contribution >= 4 is 5.91 Å². The van der Waals surface area contributed by atoms with Crippen LogP contribution in [0.1, 0.15) is 32.3 Å². The van der Waals surface area contributed by atoms with Crippen LogP contribution in [-0.2, 0) is 18.4 Å². The fourth-order valence-electron chi connectivity index (χ4n) is 3.17. The van der Waals surface area contributed by atoms with Crippen molar-refractivity contribution in [1.29, 1.82) is 0 Å². The number of hydrogen-bond acceptors (Lipinski definition) is 3. The Labute approximate surface area is 137 Å². The Morgan fingerprint density at radius 1 is 1.39 bits per heavy atom. The van der Waals surface area contributed by atoms with Crippen LogP contribution in [0.4, 0.5) is 0 Å². The predicted molar refractivity (Wildman–Crippen MR) is 90.7 cm³/mol. The second-order valence-electron chi connectivity index (χ2n) is 6.85. The first-order valence-electron chi connectivity index (χ1n) is 8.06. The van der Waals surface area contributed by atoms with Crippen molar-refractivity contribution < 1.29 is 4.79 Å². The molecule has 1 saturated heterocycles. The van der Waals surface area contributed by atoms with Crippen LogP contribution in [0.2, 0.25) is 0 Å². The summed E-state index contributed by atoms with van der Waals surface area (Å²) in [5.74, 6) is 0.145. The standard InChI is InChI=1S/C18H24N4O/c1-18(2)16(7-8-17(23)21-18)19-10-13-5-4-6-14(9-13)15-11-20-22(3)12-15/h4-6,9,11-12,16,19H,7-8,10H2,1-3H3,(H,21,23). The molecule has 23 heavy (non-hydrogen) atoms. The van der Waals surface area contributed by atoms with E-state index in [1.54, 1.807) is 0 Å². The molecule has 1 unspecified atom stereocenters. The fourth-order valence-corrected chi connectivity index (χ4v) is 3.17. The average Bonchev–Trinajstić information content (AvgIpc) is 2.92. The molecule has 2 heterocycles. The van der Waals surface area contributed by atoms with Crippen molar-refractivity contribution in [3.8, 4) is 11.1 Å². The maximum Gasteiger partial charge on any atom is 0.220 e. The lowest BCUT2D eigenvalue weighted by molar-refractivity contribution is -0.125. The normalized spacial score (nSPS) is 20.3. The third-order valence-electron chi connectivity index (χ3n) is 4.51. The number of amides is 1. The van der Waals surface area contributed by atoms with E-state index in [9.17, 15) is 4.79 Å². The molecule has 1 aromatic carbocycles. The molecule has 0 bridgehead atoms. The molecule has 2 N–H and O–H groups in total. The Hall–Kier alpha value is -2.14. The third-order valence-corrected chi connectivity index (χ3v) is 4.51. The van der Waals surface area contributed by atoms with Gasteiger partial charge in [-0.05, 0) is 37.5 Å². The Morgan fingerprint density at radius 3 is 2.91 bits per heavy atom. The van der Waals surface area contributed by atoms with E-state index in [0.717, 1.165) is 18.5 Å². The van der Waals surface area contributed by atoms with Crippen molar-refractivity contribution in [3.63, 3.8) is 0 Å². The number of rotatable bonds is 4. The summed E-state index contributed by atoms with van der Waals surface area (Å²) in [5.41, 5.74) is 3.32. The topological polar surface area (TPSA) is 59.0 Å². The smallest absolute Gasteiger partial charge is 0.220 e. The van der Waals surface area contributed by atoms with Gasteiger partial charge in [0.25, 0.3) is 0 Å². The highest BCUT2D eigenvalue weighted by molar-refractivity contribution is 5.78. The molecule has 1 amide bonds. The number of piperidine rings is 1. The summed E-state index contributed by atoms with van der Waals surface area (Å²) in [5, 5.41) is 10.9. The zero-order valence-electron chi connectivity index (χ0n) is 14.0. The summed E-state index contributed by atoms with van der Waals surface area (Å²) in [6.45, 7) is 4.94. The lowest BCUT2D eigenvalue weighted by Gasteiger charge is -2.39. The second-order valence-corrected chi connectivity index (χ2v) is 6.85. The lowest BCUT2D eigenvalue weighted by atomic mass is 9.86. The summed E-state index contributed by atoms with van der Waals surface area (Å²) in [7, 11) is 1.92. The third kappa shape index (κ3) is 3.62. The highest BCUT2D eigenvalue weighted by Gasteiger charge is 2.34. The lowest BCUT2D eigenvalue weighted by Crippen LogP contribution is -2.60. The van der Waals surface area contributed by atoms with E-state index in [0.29, 0.717) is 6.42 Å². The Morgan fingerprint density at radius 2 is 2.22 bits per heavy atom. The van der Waals surface area contributed by atoms with E-state index in [1.807, 2.05) is 24.1 Å². The number of carbonyl (C=O) groups excluding carboxylic acids is 1. The molecule has 1 fully saturated rings. The first-order valence-corrected chi connectivity index (χ1v) is 8.06. The van der Waals surface area contributed by atoms with Gasteiger partial charge in [0.15, 0.2) is 0 Å². The van der Waals surface area contributed by atoms with E-state index in [-0.39, 0.29) is 17.5 Å². The quantitative estimate of drug-likeness (QED) is 0.910. The minimum Gasteiger partial charge on any atom is -0.350 e. The molecule has 1 atom stereocenters. The minimum atomic E-state index is -0.212. The second kappa shape index (κ2) is 6.16. The van der Waals surface area contributed by atoms with Crippen LogP contribution < -0.4 is 10.6 Å². The van der Waals surface area contributed by atoms with Crippen LogP contribution in [0.3, 0.4) is 0 Å². The summed E-state index contributed by atoms with van der Waals surface area (Å²) in [6, 6.07) is 8.78. The van der Waals surface area contributed by atoms with Gasteiger partial charge in [0.05, 0.1) is 6.20 Å². The van der Waals surface area contributed by atoms with Gasteiger partial charge < -0.3 is 10.6 Å². The summed E-state index contributed by atoms with van der Waals surface area (Å²) >= 11 is 0. The van der Waals surface area contributed by atoms with Crippen LogP contribution >= 0.6 is 0 Å². The molecule has 0 radical (unpaired) electrons. The van der Waals surface area contributed by atoms with Gasteiger partial charge >= 0.3 is 0 Å². The highest BCUT2D eigenvalue weighted by Crippen LogP contribution is 2.22. The molecule has 3 rings (SSSR count). The Balaban J connectivity index is 1.68. The largest absolute Gasteiger partial charge is 0.350 e. The van der Waals surface area contributed by atoms with Crippen molar-refractivity contribution in [3.05, 3.63) is 42.2 Å². The van der Waals surface area contributed by atoms with Gasteiger partial charge in [0.2, 0.25) is 5.91 Å². The molecule has 2 aromatic rings. The Bertz CT molecular complexity index is 705. The number of hydrogen-bond donors (Lipinski definition) is 2. The SMILES string of the molecule is Cn1cc(-c2cccc(CNC3CCC(=O)NC3(C)C)c2)cn1. The van der Waals surface area contributed by atoms with E-state index < -0.39 is 0 Å². The highest BCUT2D eigenvalue weighted by atomic mass is 16.1. The molecular formula is C18H24N4O. The predicted octanol–water partition coefficient (Wildman–Crippen LogP) is 2.23. The fraction of sp³-hybridized carbons (Fsp3) is 0.444. The molecule has 5 heteroatoms.